The molecule has 0 atom stereocenters. The second-order valence-electron chi connectivity index (χ2n) is 4.61. The Balaban J connectivity index is 2.02. The van der Waals surface area contributed by atoms with Gasteiger partial charge in [-0.2, -0.15) is 0 Å². The highest BCUT2D eigenvalue weighted by Crippen LogP contribution is 2.46. The van der Waals surface area contributed by atoms with Crippen LogP contribution >= 0.6 is 45.7 Å². The number of fused-ring (bicyclic) bond motifs is 2. The molecule has 0 fully saturated rings. The van der Waals surface area contributed by atoms with Gasteiger partial charge in [-0.15, -0.1) is 32.9 Å². The zero-order valence-electron chi connectivity index (χ0n) is 10.9. The molecule has 5 rings (SSSR count). The van der Waals surface area contributed by atoms with E-state index < -0.39 is 0 Å². The summed E-state index contributed by atoms with van der Waals surface area (Å²) in [6.07, 6.45) is 0. The molecule has 0 amide bonds. The highest BCUT2D eigenvalue weighted by Gasteiger charge is 2.22. The van der Waals surface area contributed by atoms with Crippen molar-refractivity contribution in [2.24, 2.45) is 0 Å². The lowest BCUT2D eigenvalue weighted by atomic mass is 10.1. The molecule has 106 valence electrons. The first-order chi connectivity index (χ1) is 10.9. The van der Waals surface area contributed by atoms with Crippen LogP contribution in [0, 0.1) is 0 Å². The summed E-state index contributed by atoms with van der Waals surface area (Å²) in [5.41, 5.74) is 4.14. The van der Waals surface area contributed by atoms with Crippen LogP contribution in [0.2, 0.25) is 0 Å². The Bertz CT molecular complexity index is 938. The molecule has 4 aromatic heterocycles. The minimum Gasteiger partial charge on any atom is -0.144 e. The average molecular weight is 358 g/mol. The van der Waals surface area contributed by atoms with E-state index in [1.54, 1.807) is 22.7 Å². The van der Waals surface area contributed by atoms with Gasteiger partial charge < -0.3 is 0 Å². The van der Waals surface area contributed by atoms with E-state index in [1.165, 1.54) is 32.8 Å². The maximum absolute atomic E-state index is 4.41. The average Bonchev–Trinajstić information content (AvgIpc) is 3.29. The lowest BCUT2D eigenvalue weighted by Gasteiger charge is -2.05. The topological polar surface area (TPSA) is 51.6 Å². The minimum absolute atomic E-state index is 0.953. The highest BCUT2D eigenvalue weighted by atomic mass is 32.1. The van der Waals surface area contributed by atoms with Gasteiger partial charge >= 0.3 is 0 Å². The van der Waals surface area contributed by atoms with E-state index in [0.717, 1.165) is 31.6 Å². The van der Waals surface area contributed by atoms with Crippen molar-refractivity contribution in [2.75, 3.05) is 0 Å². The maximum Gasteiger partial charge on any atom is 0.116 e. The summed E-state index contributed by atoms with van der Waals surface area (Å²) in [7, 11) is 0. The maximum atomic E-state index is 4.41. The highest BCUT2D eigenvalue weighted by molar-refractivity contribution is 7.19. The van der Waals surface area contributed by atoms with Crippen LogP contribution in [0.4, 0.5) is 0 Å². The number of thiophene rings is 2. The van der Waals surface area contributed by atoms with Crippen molar-refractivity contribution < 1.29 is 0 Å². The predicted octanol–water partition coefficient (Wildman–Crippen LogP) is 5.15. The van der Waals surface area contributed by atoms with Gasteiger partial charge in [0.05, 0.1) is 9.40 Å². The molecule has 0 unspecified atom stereocenters. The van der Waals surface area contributed by atoms with Crippen molar-refractivity contribution in [3.8, 4) is 20.9 Å². The molecular formula is C14H6N4S4. The molecule has 0 aliphatic rings. The molecule has 0 saturated carbocycles. The summed E-state index contributed by atoms with van der Waals surface area (Å²) in [4.78, 5) is 2.37. The third-order valence-electron chi connectivity index (χ3n) is 3.44. The van der Waals surface area contributed by atoms with Crippen LogP contribution in [0.1, 0.15) is 0 Å². The van der Waals surface area contributed by atoms with Gasteiger partial charge in [0.2, 0.25) is 0 Å². The molecule has 0 N–H and O–H groups in total. The van der Waals surface area contributed by atoms with E-state index in [9.17, 15) is 0 Å². The van der Waals surface area contributed by atoms with E-state index in [4.69, 9.17) is 0 Å². The summed E-state index contributed by atoms with van der Waals surface area (Å²) in [6.45, 7) is 0. The Morgan fingerprint density at radius 1 is 0.682 bits per heavy atom. The van der Waals surface area contributed by atoms with E-state index in [0.29, 0.717) is 0 Å². The first-order valence-electron chi connectivity index (χ1n) is 6.41. The third-order valence-corrected chi connectivity index (χ3v) is 6.70. The summed E-state index contributed by atoms with van der Waals surface area (Å²) < 4.78 is 10.6. The van der Waals surface area contributed by atoms with E-state index in [1.807, 2.05) is 0 Å². The number of rotatable bonds is 2. The monoisotopic (exact) mass is 358 g/mol. The molecule has 8 heteroatoms. The van der Waals surface area contributed by atoms with E-state index >= 15 is 0 Å². The quantitative estimate of drug-likeness (QED) is 0.438. The van der Waals surface area contributed by atoms with Gasteiger partial charge in [-0.1, -0.05) is 21.1 Å². The van der Waals surface area contributed by atoms with Crippen molar-refractivity contribution in [2.45, 2.75) is 0 Å². The van der Waals surface area contributed by atoms with Crippen molar-refractivity contribution >= 4 is 66.2 Å². The van der Waals surface area contributed by atoms with Crippen molar-refractivity contribution in [3.05, 3.63) is 35.0 Å². The fourth-order valence-electron chi connectivity index (χ4n) is 2.55. The Kier molecular flexibility index (Phi) is 2.83. The van der Waals surface area contributed by atoms with Gasteiger partial charge in [0.1, 0.15) is 11.0 Å². The standard InChI is InChI=1S/C14H6N4S4/c1-3-7(19-5-1)9-11-14(22-17-15-11)10(8-4-2-6-20-8)12-13(9)21-18-16-12/h1-6H. The van der Waals surface area contributed by atoms with Gasteiger partial charge in [0.25, 0.3) is 0 Å². The van der Waals surface area contributed by atoms with Crippen molar-refractivity contribution in [3.63, 3.8) is 0 Å². The molecule has 0 aliphatic heterocycles. The predicted molar refractivity (Wildman–Crippen MR) is 95.0 cm³/mol. The first-order valence-corrected chi connectivity index (χ1v) is 9.72. The molecule has 22 heavy (non-hydrogen) atoms. The van der Waals surface area contributed by atoms with Crippen LogP contribution in [0.15, 0.2) is 35.0 Å². The summed E-state index contributed by atoms with van der Waals surface area (Å²) >= 11 is 6.27. The van der Waals surface area contributed by atoms with Crippen LogP contribution in [0.5, 0.6) is 0 Å². The molecule has 0 aliphatic carbocycles. The molecular weight excluding hydrogens is 352 g/mol. The normalized spacial score (nSPS) is 11.6. The third kappa shape index (κ3) is 1.72. The number of benzene rings is 1. The molecule has 0 spiro atoms. The molecule has 0 bridgehead atoms. The van der Waals surface area contributed by atoms with Crippen molar-refractivity contribution in [1.82, 2.24) is 19.2 Å². The summed E-state index contributed by atoms with van der Waals surface area (Å²) in [5, 5.41) is 13.0. The number of hydrogen-bond donors (Lipinski definition) is 0. The smallest absolute Gasteiger partial charge is 0.116 e. The van der Waals surface area contributed by atoms with Gasteiger partial charge in [-0.25, -0.2) is 0 Å². The molecule has 5 aromatic rings. The molecule has 4 heterocycles. The lowest BCUT2D eigenvalue weighted by molar-refractivity contribution is 1.20. The minimum atomic E-state index is 0.953. The van der Waals surface area contributed by atoms with Gasteiger partial charge in [-0.05, 0) is 46.0 Å². The molecule has 0 saturated heterocycles. The molecule has 4 nitrogen and oxygen atoms in total. The van der Waals surface area contributed by atoms with E-state index in [-0.39, 0.29) is 0 Å². The fourth-order valence-corrected chi connectivity index (χ4v) is 5.70. The largest absolute Gasteiger partial charge is 0.144 e. The second-order valence-corrected chi connectivity index (χ2v) is 8.01. The number of nitrogens with zero attached hydrogens (tertiary/aromatic N) is 4. The summed E-state index contributed by atoms with van der Waals surface area (Å²) in [6, 6.07) is 8.34. The SMILES string of the molecule is c1csc(-c2c3nnsc3c(-c3cccs3)c3nnsc23)c1. The van der Waals surface area contributed by atoms with Crippen LogP contribution in [-0.2, 0) is 0 Å². The second kappa shape index (κ2) is 4.88. The Labute approximate surface area is 141 Å². The Hall–Kier alpha value is -1.74. The van der Waals surface area contributed by atoms with Gasteiger partial charge in [0.15, 0.2) is 0 Å². The molecule has 0 radical (unpaired) electrons. The van der Waals surface area contributed by atoms with E-state index in [2.05, 4.69) is 54.2 Å². The van der Waals surface area contributed by atoms with Gasteiger partial charge in [-0.3, -0.25) is 0 Å². The zero-order valence-corrected chi connectivity index (χ0v) is 14.2. The Morgan fingerprint density at radius 3 is 1.59 bits per heavy atom. The summed E-state index contributed by atoms with van der Waals surface area (Å²) in [5.74, 6) is 0. The van der Waals surface area contributed by atoms with Crippen LogP contribution in [0.3, 0.4) is 0 Å². The molecule has 1 aromatic carbocycles. The van der Waals surface area contributed by atoms with Crippen molar-refractivity contribution in [1.29, 1.82) is 0 Å². The number of aromatic nitrogens is 4. The van der Waals surface area contributed by atoms with Gasteiger partial charge in [0, 0.05) is 20.9 Å². The number of hydrogen-bond acceptors (Lipinski definition) is 8. The lowest BCUT2D eigenvalue weighted by Crippen LogP contribution is -1.84. The first kappa shape index (κ1) is 12.8. The Morgan fingerprint density at radius 2 is 1.18 bits per heavy atom. The van der Waals surface area contributed by atoms with Crippen LogP contribution in [-0.4, -0.2) is 19.2 Å². The van der Waals surface area contributed by atoms with Crippen LogP contribution < -0.4 is 0 Å². The fraction of sp³-hybridized carbons (Fsp3) is 0. The zero-order chi connectivity index (χ0) is 14.5. The van der Waals surface area contributed by atoms with Crippen LogP contribution in [0.25, 0.3) is 41.3 Å².